The van der Waals surface area contributed by atoms with E-state index in [-0.39, 0.29) is 29.1 Å². The largest absolute Gasteiger partial charge is 0.442 e. The lowest BCUT2D eigenvalue weighted by Crippen LogP contribution is -2.56. The third kappa shape index (κ3) is 6.28. The number of amidine groups is 1. The third-order valence-corrected chi connectivity index (χ3v) is 7.42. The van der Waals surface area contributed by atoms with Crippen molar-refractivity contribution in [3.05, 3.63) is 69.2 Å². The van der Waals surface area contributed by atoms with E-state index in [1.54, 1.807) is 24.4 Å². The second-order valence-electron chi connectivity index (χ2n) is 10.5. The molecule has 8 nitrogen and oxygen atoms in total. The molecular weight excluding hydrogens is 567 g/mol. The minimum atomic E-state index is -4.54. The molecule has 1 fully saturated rings. The van der Waals surface area contributed by atoms with Crippen molar-refractivity contribution in [3.63, 3.8) is 0 Å². The first-order valence-electron chi connectivity index (χ1n) is 12.3. The molecule has 5 rings (SSSR count). The van der Waals surface area contributed by atoms with Crippen molar-refractivity contribution in [2.75, 3.05) is 13.1 Å². The highest BCUT2D eigenvalue weighted by Crippen LogP contribution is 2.35. The van der Waals surface area contributed by atoms with Gasteiger partial charge in [0, 0.05) is 15.9 Å². The molecule has 210 valence electrons. The molecule has 0 aliphatic carbocycles. The number of nitrogens with zero attached hydrogens (tertiary/aromatic N) is 4. The number of ether oxygens (including phenoxy) is 1. The fourth-order valence-electron chi connectivity index (χ4n) is 4.27. The number of aromatic nitrogens is 2. The number of aliphatic imine (C=N–C) groups is 1. The van der Waals surface area contributed by atoms with Crippen LogP contribution in [0.3, 0.4) is 0 Å². The Bertz CT molecular complexity index is 1550. The van der Waals surface area contributed by atoms with Crippen molar-refractivity contribution in [3.8, 4) is 0 Å². The van der Waals surface area contributed by atoms with Crippen molar-refractivity contribution >= 4 is 57.5 Å². The van der Waals surface area contributed by atoms with E-state index in [0.29, 0.717) is 34.1 Å². The molecule has 0 atom stereocenters. The molecule has 0 bridgehead atoms. The molecule has 40 heavy (non-hydrogen) atoms. The maximum absolute atomic E-state index is 13.5. The van der Waals surface area contributed by atoms with Crippen LogP contribution in [0.25, 0.3) is 17.0 Å². The Balaban J connectivity index is 1.24. The lowest BCUT2D eigenvalue weighted by Gasteiger charge is -2.39. The summed E-state index contributed by atoms with van der Waals surface area (Å²) in [5.41, 5.74) is 0.234. The summed E-state index contributed by atoms with van der Waals surface area (Å²) in [5.74, 6) is -0.368. The minimum absolute atomic E-state index is 0.0105. The van der Waals surface area contributed by atoms with E-state index in [1.807, 2.05) is 31.7 Å². The van der Waals surface area contributed by atoms with Gasteiger partial charge in [-0.1, -0.05) is 23.7 Å². The van der Waals surface area contributed by atoms with Gasteiger partial charge in [-0.2, -0.15) is 23.3 Å². The number of alkyl halides is 3. The van der Waals surface area contributed by atoms with Crippen molar-refractivity contribution < 1.29 is 27.5 Å². The number of nitrogens with one attached hydrogen (secondary N) is 1. The predicted molar refractivity (Wildman–Crippen MR) is 148 cm³/mol. The van der Waals surface area contributed by atoms with E-state index in [4.69, 9.17) is 16.3 Å². The number of hydrogen-bond donors (Lipinski definition) is 1. The topological polar surface area (TPSA) is 88.8 Å². The number of fused-ring (bicyclic) bond motifs is 1. The Morgan fingerprint density at radius 1 is 1.20 bits per heavy atom. The Labute approximate surface area is 237 Å². The summed E-state index contributed by atoms with van der Waals surface area (Å²) in [5, 5.41) is 8.29. The SMILES string of the molecule is CC(C)(C)NC(=O)OC1CN(C2=NC(=O)C(=Cc3ccc4c(cnn4Cc4ccc(Cl)cc4C(F)(F)F)c3)S2)C1. The molecule has 0 spiro atoms. The van der Waals surface area contributed by atoms with Crippen LogP contribution in [-0.2, 0) is 22.3 Å². The van der Waals surface area contributed by atoms with E-state index in [1.165, 1.54) is 28.6 Å². The van der Waals surface area contributed by atoms with Crippen LogP contribution in [-0.4, -0.2) is 56.6 Å². The Morgan fingerprint density at radius 3 is 2.65 bits per heavy atom. The molecular formula is C27H25ClF3N5O3S. The van der Waals surface area contributed by atoms with Crippen LogP contribution < -0.4 is 5.32 Å². The number of carbonyl (C=O) groups excluding carboxylic acids is 2. The molecule has 2 amide bonds. The predicted octanol–water partition coefficient (Wildman–Crippen LogP) is 5.94. The van der Waals surface area contributed by atoms with Crippen molar-refractivity contribution in [2.24, 2.45) is 4.99 Å². The van der Waals surface area contributed by atoms with Gasteiger partial charge in [0.05, 0.1) is 41.8 Å². The second kappa shape index (κ2) is 10.5. The van der Waals surface area contributed by atoms with Gasteiger partial charge in [0.25, 0.3) is 5.91 Å². The molecule has 1 saturated heterocycles. The van der Waals surface area contributed by atoms with Gasteiger partial charge in [0.2, 0.25) is 0 Å². The summed E-state index contributed by atoms with van der Waals surface area (Å²) in [6.45, 7) is 6.40. The van der Waals surface area contributed by atoms with Crippen molar-refractivity contribution in [1.29, 1.82) is 0 Å². The molecule has 13 heteroatoms. The van der Waals surface area contributed by atoms with Gasteiger partial charge < -0.3 is 15.0 Å². The monoisotopic (exact) mass is 591 g/mol. The van der Waals surface area contributed by atoms with Crippen LogP contribution in [0.15, 0.2) is 52.5 Å². The summed E-state index contributed by atoms with van der Waals surface area (Å²) in [7, 11) is 0. The number of likely N-dealkylation sites (tertiary alicyclic amines) is 1. The van der Waals surface area contributed by atoms with E-state index < -0.39 is 23.4 Å². The van der Waals surface area contributed by atoms with Crippen LogP contribution in [0.4, 0.5) is 18.0 Å². The smallest absolute Gasteiger partial charge is 0.416 e. The van der Waals surface area contributed by atoms with Crippen molar-refractivity contribution in [1.82, 2.24) is 20.0 Å². The van der Waals surface area contributed by atoms with Crippen LogP contribution in [0.2, 0.25) is 5.02 Å². The molecule has 3 aromatic rings. The maximum atomic E-state index is 13.5. The number of amides is 2. The number of alkyl carbamates (subject to hydrolysis) is 1. The summed E-state index contributed by atoms with van der Waals surface area (Å²) < 4.78 is 47.4. The van der Waals surface area contributed by atoms with Crippen LogP contribution in [0, 0.1) is 0 Å². The first-order chi connectivity index (χ1) is 18.7. The number of carbonyl (C=O) groups is 2. The molecule has 2 aliphatic heterocycles. The highest BCUT2D eigenvalue weighted by atomic mass is 35.5. The van der Waals surface area contributed by atoms with Gasteiger partial charge in [0.15, 0.2) is 5.17 Å². The molecule has 0 radical (unpaired) electrons. The maximum Gasteiger partial charge on any atom is 0.416 e. The zero-order valence-corrected chi connectivity index (χ0v) is 23.3. The fraction of sp³-hybridized carbons (Fsp3) is 0.333. The zero-order chi connectivity index (χ0) is 28.8. The van der Waals surface area contributed by atoms with Crippen molar-refractivity contribution in [2.45, 2.75) is 45.1 Å². The Hall–Kier alpha value is -3.51. The fourth-order valence-corrected chi connectivity index (χ4v) is 5.38. The normalized spacial score (nSPS) is 17.4. The summed E-state index contributed by atoms with van der Waals surface area (Å²) in [4.78, 5) is 30.9. The van der Waals surface area contributed by atoms with E-state index in [9.17, 15) is 22.8 Å². The molecule has 3 heterocycles. The molecule has 0 saturated carbocycles. The Kier molecular flexibility index (Phi) is 7.34. The standard InChI is InChI=1S/C27H25ClF3N5O3S/c1-26(2,3)34-25(38)39-19-13-35(14-19)24-33-23(37)22(40-24)9-15-4-7-21-17(8-15)11-32-36(21)12-16-5-6-18(28)10-20(16)27(29,30)31/h4-11,19H,12-14H2,1-3H3,(H,34,38). The van der Waals surface area contributed by atoms with Crippen LogP contribution in [0.1, 0.15) is 37.5 Å². The Morgan fingerprint density at radius 2 is 1.95 bits per heavy atom. The van der Waals surface area contributed by atoms with Crippen LogP contribution in [0.5, 0.6) is 0 Å². The molecule has 2 aliphatic rings. The van der Waals surface area contributed by atoms with Gasteiger partial charge in [0.1, 0.15) is 6.10 Å². The average molecular weight is 592 g/mol. The number of thioether (sulfide) groups is 1. The summed E-state index contributed by atoms with van der Waals surface area (Å²) in [6.07, 6.45) is -2.02. The first-order valence-corrected chi connectivity index (χ1v) is 13.5. The minimum Gasteiger partial charge on any atom is -0.442 e. The molecule has 1 aromatic heterocycles. The van der Waals surface area contributed by atoms with Gasteiger partial charge >= 0.3 is 12.3 Å². The zero-order valence-electron chi connectivity index (χ0n) is 21.8. The quantitative estimate of drug-likeness (QED) is 0.378. The lowest BCUT2D eigenvalue weighted by molar-refractivity contribution is -0.138. The lowest BCUT2D eigenvalue weighted by atomic mass is 10.1. The number of rotatable bonds is 4. The number of benzene rings is 2. The summed E-state index contributed by atoms with van der Waals surface area (Å²) in [6, 6.07) is 9.02. The van der Waals surface area contributed by atoms with E-state index in [0.717, 1.165) is 11.6 Å². The first kappa shape index (κ1) is 28.0. The van der Waals surface area contributed by atoms with Gasteiger partial charge in [-0.3, -0.25) is 9.48 Å². The van der Waals surface area contributed by atoms with Gasteiger partial charge in [-0.15, -0.1) is 0 Å². The summed E-state index contributed by atoms with van der Waals surface area (Å²) >= 11 is 7.03. The van der Waals surface area contributed by atoms with Gasteiger partial charge in [-0.05, 0) is 74.0 Å². The van der Waals surface area contributed by atoms with E-state index >= 15 is 0 Å². The average Bonchev–Trinajstić information content (AvgIpc) is 3.38. The second-order valence-corrected chi connectivity index (χ2v) is 12.0. The number of hydrogen-bond acceptors (Lipinski definition) is 6. The third-order valence-electron chi connectivity index (χ3n) is 6.14. The van der Waals surface area contributed by atoms with E-state index in [2.05, 4.69) is 15.4 Å². The highest BCUT2D eigenvalue weighted by molar-refractivity contribution is 8.18. The van der Waals surface area contributed by atoms with Crippen LogP contribution >= 0.6 is 23.4 Å². The molecule has 1 N–H and O–H groups in total. The number of halogens is 4. The molecule has 2 aromatic carbocycles. The highest BCUT2D eigenvalue weighted by Gasteiger charge is 2.37. The molecule has 0 unspecified atom stereocenters. The van der Waals surface area contributed by atoms with Gasteiger partial charge in [-0.25, -0.2) is 4.79 Å².